The molecule has 0 aliphatic carbocycles. The molecule has 4 atom stereocenters. The van der Waals surface area contributed by atoms with Crippen LogP contribution in [0.15, 0.2) is 0 Å². The lowest BCUT2D eigenvalue weighted by Gasteiger charge is -2.11. The van der Waals surface area contributed by atoms with Crippen LogP contribution in [0, 0.1) is 0 Å². The van der Waals surface area contributed by atoms with Crippen LogP contribution >= 0.6 is 0 Å². The molecule has 10 heavy (non-hydrogen) atoms. The molecule has 0 bridgehead atoms. The van der Waals surface area contributed by atoms with Gasteiger partial charge < -0.3 is 20.1 Å². The Morgan fingerprint density at radius 1 is 1.50 bits per heavy atom. The fourth-order valence-electron chi connectivity index (χ4n) is 0.990. The van der Waals surface area contributed by atoms with Crippen LogP contribution in [0.25, 0.3) is 0 Å². The van der Waals surface area contributed by atoms with E-state index in [1.54, 1.807) is 6.92 Å². The van der Waals surface area contributed by atoms with Crippen molar-refractivity contribution in [1.29, 1.82) is 0 Å². The molecule has 4 nitrogen and oxygen atoms in total. The van der Waals surface area contributed by atoms with Gasteiger partial charge >= 0.3 is 0 Å². The predicted molar refractivity (Wildman–Crippen MR) is 33.2 cm³/mol. The second-order valence-corrected chi connectivity index (χ2v) is 2.61. The van der Waals surface area contributed by atoms with Gasteiger partial charge in [0.1, 0.15) is 6.10 Å². The summed E-state index contributed by atoms with van der Waals surface area (Å²) in [4.78, 5) is 0. The van der Waals surface area contributed by atoms with Gasteiger partial charge in [-0.15, -0.1) is 0 Å². The molecule has 60 valence electrons. The molecule has 0 unspecified atom stereocenters. The molecule has 1 aliphatic rings. The Morgan fingerprint density at radius 3 is 2.30 bits per heavy atom. The van der Waals surface area contributed by atoms with Crippen molar-refractivity contribution in [2.45, 2.75) is 37.9 Å². The van der Waals surface area contributed by atoms with Crippen molar-refractivity contribution in [3.8, 4) is 0 Å². The van der Waals surface area contributed by atoms with Crippen LogP contribution in [0.4, 0.5) is 0 Å². The van der Waals surface area contributed by atoms with E-state index in [0.717, 1.165) is 0 Å². The third-order valence-corrected chi connectivity index (χ3v) is 1.66. The van der Waals surface area contributed by atoms with E-state index in [-0.39, 0.29) is 0 Å². The largest absolute Gasteiger partial charge is 0.391 e. The molecule has 1 rings (SSSR count). The molecular formula is C6H12O4. The van der Waals surface area contributed by atoms with E-state index in [2.05, 4.69) is 0 Å². The van der Waals surface area contributed by atoms with Gasteiger partial charge in [0.2, 0.25) is 0 Å². The number of ether oxygens (including phenoxy) is 1. The number of hydrogen-bond donors (Lipinski definition) is 3. The van der Waals surface area contributed by atoms with Gasteiger partial charge in [-0.1, -0.05) is 0 Å². The van der Waals surface area contributed by atoms with E-state index < -0.39 is 24.6 Å². The highest BCUT2D eigenvalue weighted by molar-refractivity contribution is 4.78. The van der Waals surface area contributed by atoms with Gasteiger partial charge in [-0.05, 0) is 6.92 Å². The third-order valence-electron chi connectivity index (χ3n) is 1.66. The van der Waals surface area contributed by atoms with Gasteiger partial charge in [0.25, 0.3) is 0 Å². The van der Waals surface area contributed by atoms with Crippen LogP contribution in [0.3, 0.4) is 0 Å². The minimum absolute atomic E-state index is 0.304. The Labute approximate surface area is 59.1 Å². The summed E-state index contributed by atoms with van der Waals surface area (Å²) >= 11 is 0. The fourth-order valence-corrected chi connectivity index (χ4v) is 0.990. The Hall–Kier alpha value is -0.160. The zero-order chi connectivity index (χ0) is 7.72. The molecule has 0 radical (unpaired) electrons. The summed E-state index contributed by atoms with van der Waals surface area (Å²) in [6.45, 7) is 1.56. The maximum atomic E-state index is 8.94. The number of rotatable bonds is 1. The molecule has 4 heteroatoms. The lowest BCUT2D eigenvalue weighted by atomic mass is 10.1. The Bertz CT molecular complexity index is 104. The van der Waals surface area contributed by atoms with Crippen LogP contribution in [0.5, 0.6) is 0 Å². The minimum Gasteiger partial charge on any atom is -0.391 e. The Morgan fingerprint density at radius 2 is 2.10 bits per heavy atom. The van der Waals surface area contributed by atoms with Crippen molar-refractivity contribution in [2.75, 3.05) is 0 Å². The molecule has 0 aromatic heterocycles. The summed E-state index contributed by atoms with van der Waals surface area (Å²) in [7, 11) is 0. The molecule has 1 fully saturated rings. The zero-order valence-corrected chi connectivity index (χ0v) is 5.77. The molecule has 0 aromatic carbocycles. The summed E-state index contributed by atoms with van der Waals surface area (Å²) in [5, 5.41) is 26.7. The standard InChI is InChI=1S/C6H12O4/c1-3(7)5-2-4(8)6(9)10-5/h3-9H,2H2,1H3/t3-,4+,5+,6+/m1/s1. The Kier molecular flexibility index (Phi) is 2.25. The van der Waals surface area contributed by atoms with Gasteiger partial charge in [-0.2, -0.15) is 0 Å². The molecule has 0 saturated carbocycles. The van der Waals surface area contributed by atoms with Crippen LogP contribution < -0.4 is 0 Å². The summed E-state index contributed by atoms with van der Waals surface area (Å²) in [5.74, 6) is 0. The van der Waals surface area contributed by atoms with Crippen molar-refractivity contribution in [1.82, 2.24) is 0 Å². The molecule has 1 aliphatic heterocycles. The topological polar surface area (TPSA) is 69.9 Å². The maximum absolute atomic E-state index is 8.94. The second-order valence-electron chi connectivity index (χ2n) is 2.61. The fraction of sp³-hybridized carbons (Fsp3) is 1.00. The average molecular weight is 148 g/mol. The molecular weight excluding hydrogens is 136 g/mol. The van der Waals surface area contributed by atoms with Gasteiger partial charge in [0, 0.05) is 6.42 Å². The first kappa shape index (κ1) is 7.94. The third kappa shape index (κ3) is 1.46. The highest BCUT2D eigenvalue weighted by Gasteiger charge is 2.34. The lowest BCUT2D eigenvalue weighted by molar-refractivity contribution is -0.143. The van der Waals surface area contributed by atoms with E-state index in [4.69, 9.17) is 20.1 Å². The first-order chi connectivity index (χ1) is 4.61. The van der Waals surface area contributed by atoms with Crippen molar-refractivity contribution in [3.63, 3.8) is 0 Å². The van der Waals surface area contributed by atoms with Gasteiger partial charge in [0.15, 0.2) is 6.29 Å². The highest BCUT2D eigenvalue weighted by Crippen LogP contribution is 2.20. The molecule has 0 amide bonds. The highest BCUT2D eigenvalue weighted by atomic mass is 16.6. The molecule has 3 N–H and O–H groups in total. The first-order valence-electron chi connectivity index (χ1n) is 3.31. The van der Waals surface area contributed by atoms with Crippen molar-refractivity contribution in [3.05, 3.63) is 0 Å². The molecule has 1 saturated heterocycles. The van der Waals surface area contributed by atoms with E-state index in [1.807, 2.05) is 0 Å². The SMILES string of the molecule is C[C@@H](O)[C@@H]1C[C@H](O)[C@@H](O)O1. The average Bonchev–Trinajstić information content (AvgIpc) is 2.13. The van der Waals surface area contributed by atoms with Gasteiger partial charge in [-0.3, -0.25) is 0 Å². The number of aliphatic hydroxyl groups excluding tert-OH is 3. The molecule has 1 heterocycles. The number of aliphatic hydroxyl groups is 3. The normalized spacial score (nSPS) is 43.8. The van der Waals surface area contributed by atoms with Crippen LogP contribution in [0.1, 0.15) is 13.3 Å². The van der Waals surface area contributed by atoms with Gasteiger partial charge in [-0.25, -0.2) is 0 Å². The second kappa shape index (κ2) is 2.84. The van der Waals surface area contributed by atoms with Crippen molar-refractivity contribution in [2.24, 2.45) is 0 Å². The van der Waals surface area contributed by atoms with Crippen molar-refractivity contribution < 1.29 is 20.1 Å². The van der Waals surface area contributed by atoms with Crippen LogP contribution in [-0.4, -0.2) is 39.9 Å². The van der Waals surface area contributed by atoms with E-state index in [0.29, 0.717) is 6.42 Å². The van der Waals surface area contributed by atoms with E-state index in [1.165, 1.54) is 0 Å². The summed E-state index contributed by atoms with van der Waals surface area (Å²) in [6, 6.07) is 0. The van der Waals surface area contributed by atoms with E-state index >= 15 is 0 Å². The lowest BCUT2D eigenvalue weighted by Crippen LogP contribution is -2.22. The predicted octanol–water partition coefficient (Wildman–Crippen LogP) is -1.16. The van der Waals surface area contributed by atoms with Crippen molar-refractivity contribution >= 4 is 0 Å². The molecule has 0 spiro atoms. The summed E-state index contributed by atoms with van der Waals surface area (Å²) in [6.07, 6.45) is -2.73. The maximum Gasteiger partial charge on any atom is 0.181 e. The molecule has 0 aromatic rings. The zero-order valence-electron chi connectivity index (χ0n) is 5.77. The van der Waals surface area contributed by atoms with E-state index in [9.17, 15) is 0 Å². The monoisotopic (exact) mass is 148 g/mol. The van der Waals surface area contributed by atoms with Gasteiger partial charge in [0.05, 0.1) is 12.2 Å². The first-order valence-corrected chi connectivity index (χ1v) is 3.31. The van der Waals surface area contributed by atoms with Crippen LogP contribution in [0.2, 0.25) is 0 Å². The Balaban J connectivity index is 2.41. The quantitative estimate of drug-likeness (QED) is 0.438. The smallest absolute Gasteiger partial charge is 0.181 e. The minimum atomic E-state index is -1.13. The summed E-state index contributed by atoms with van der Waals surface area (Å²) in [5.41, 5.74) is 0. The van der Waals surface area contributed by atoms with Crippen LogP contribution in [-0.2, 0) is 4.74 Å². The summed E-state index contributed by atoms with van der Waals surface area (Å²) < 4.78 is 4.79. The number of hydrogen-bond acceptors (Lipinski definition) is 4.